The van der Waals surface area contributed by atoms with Gasteiger partial charge < -0.3 is 72.2 Å². The molecule has 100 heavy (non-hydrogen) atoms. The van der Waals surface area contributed by atoms with Crippen molar-refractivity contribution in [2.75, 3.05) is 107 Å². The summed E-state index contributed by atoms with van der Waals surface area (Å²) in [5, 5.41) is 12.6. The number of alkyl halides is 4. The molecule has 0 spiro atoms. The number of hydrogen-bond donors (Lipinski definition) is 2. The maximum atomic E-state index is 12.8. The number of rotatable bonds is 36. The van der Waals surface area contributed by atoms with E-state index in [-0.39, 0.29) is 121 Å². The third-order valence-electron chi connectivity index (χ3n) is 13.6. The number of aliphatic hydroxyl groups is 1. The second-order valence-electron chi connectivity index (χ2n) is 24.9. The molecule has 2 aromatic rings. The fraction of sp³-hybridized carbons (Fsp3) is 0.667. The summed E-state index contributed by atoms with van der Waals surface area (Å²) in [7, 11) is 7.42. The Labute approximate surface area is 619 Å². The van der Waals surface area contributed by atoms with Crippen LogP contribution in [0.3, 0.4) is 0 Å². The van der Waals surface area contributed by atoms with E-state index in [9.17, 15) is 57.5 Å². The van der Waals surface area contributed by atoms with Gasteiger partial charge >= 0.3 is 53.8 Å². The van der Waals surface area contributed by atoms with Gasteiger partial charge in [-0.15, -0.1) is 10.1 Å². The number of nitrogens with one attached hydrogen (secondary N) is 1. The molecule has 3 heterocycles. The molecule has 2 saturated heterocycles. The van der Waals surface area contributed by atoms with Gasteiger partial charge in [-0.05, 0) is 131 Å². The van der Waals surface area contributed by atoms with Crippen molar-refractivity contribution in [3.05, 3.63) is 29.5 Å². The van der Waals surface area contributed by atoms with E-state index in [1.165, 1.54) is 42.5 Å². The maximum Gasteiger partial charge on any atom is 0.338 e. The minimum atomic E-state index is -1.14. The number of ether oxygens (including phenoxy) is 11. The quantitative estimate of drug-likeness (QED) is 0.0166. The second-order valence-corrected chi connectivity index (χ2v) is 32.2. The van der Waals surface area contributed by atoms with Crippen molar-refractivity contribution in [3.8, 4) is 11.8 Å². The number of anilines is 2. The van der Waals surface area contributed by atoms with Crippen LogP contribution in [0.25, 0.3) is 0 Å². The number of imide groups is 2. The van der Waals surface area contributed by atoms with Crippen molar-refractivity contribution < 1.29 is 124 Å². The lowest BCUT2D eigenvalue weighted by Gasteiger charge is -2.30. The molecule has 1 aromatic heterocycles. The van der Waals surface area contributed by atoms with Crippen molar-refractivity contribution in [1.82, 2.24) is 25.1 Å². The Kier molecular flexibility index (Phi) is 39.6. The number of amides is 4. The van der Waals surface area contributed by atoms with Crippen LogP contribution in [0.1, 0.15) is 128 Å². The van der Waals surface area contributed by atoms with Gasteiger partial charge in [0.25, 0.3) is 23.6 Å². The number of aromatic nitrogens is 3. The second kappa shape index (κ2) is 43.1. The highest BCUT2D eigenvalue weighted by atomic mass is 79.9. The van der Waals surface area contributed by atoms with E-state index in [0.29, 0.717) is 34.8 Å². The molecule has 5 unspecified atom stereocenters. The summed E-state index contributed by atoms with van der Waals surface area (Å²) < 4.78 is 50.6. The van der Waals surface area contributed by atoms with Gasteiger partial charge in [0.1, 0.15) is 56.1 Å². The van der Waals surface area contributed by atoms with Crippen molar-refractivity contribution in [1.29, 1.82) is 0 Å². The molecular weight excluding hydrogens is 1610 g/mol. The first-order valence-corrected chi connectivity index (χ1v) is 34.3. The molecule has 5 atom stereocenters. The third-order valence-corrected chi connectivity index (χ3v) is 16.3. The summed E-state index contributed by atoms with van der Waals surface area (Å²) in [6.45, 7) is 19.2. The van der Waals surface area contributed by atoms with E-state index in [2.05, 4.69) is 84.0 Å². The molecule has 37 heteroatoms. The molecule has 2 fully saturated rings. The van der Waals surface area contributed by atoms with Crippen molar-refractivity contribution in [3.63, 3.8) is 0 Å². The van der Waals surface area contributed by atoms with Crippen LogP contribution in [0.2, 0.25) is 5.28 Å². The van der Waals surface area contributed by atoms with E-state index in [1.54, 1.807) is 93.5 Å². The SMILES string of the molecule is COCCOC(=O)C(C)(Br)CC(C)(C)C(=O)OCCO.COCCOC(=O)C(C)(Br)CC(C)(C)C(=O)ON1C(=O)CCC1=O.COCCOC(=O)C(C)(Br)CC(C)(C)C(=O)Oc1ccc(Nc2nc(Cl)nc(OC)n2)cc1.COCCOC(=O)C(C)(Br)CC(C)C(=O)ON1C(=O)CCC1=O. The Morgan fingerprint density at radius 1 is 0.490 bits per heavy atom. The fourth-order valence-corrected chi connectivity index (χ4v) is 11.8. The highest BCUT2D eigenvalue weighted by Gasteiger charge is 2.47. The first-order valence-electron chi connectivity index (χ1n) is 30.7. The summed E-state index contributed by atoms with van der Waals surface area (Å²) >= 11 is 19.0. The fourth-order valence-electron chi connectivity index (χ4n) is 8.63. The van der Waals surface area contributed by atoms with Crippen LogP contribution in [-0.4, -0.2) is 220 Å². The Bertz CT molecular complexity index is 3070. The third kappa shape index (κ3) is 32.5. The van der Waals surface area contributed by atoms with Gasteiger partial charge in [0, 0.05) is 59.8 Å². The summed E-state index contributed by atoms with van der Waals surface area (Å²) in [5.74, 6) is -6.91. The summed E-state index contributed by atoms with van der Waals surface area (Å²) in [6, 6.07) is 6.67. The van der Waals surface area contributed by atoms with Crippen molar-refractivity contribution >= 4 is 158 Å². The van der Waals surface area contributed by atoms with Gasteiger partial charge in [0.15, 0.2) is 0 Å². The monoisotopic (exact) mass is 1700 g/mol. The number of carbonyl (C=O) groups is 12. The molecule has 2 N–H and O–H groups in total. The Hall–Kier alpha value is -6.12. The molecular formula is C63H91Br4ClN6O26. The van der Waals surface area contributed by atoms with Crippen LogP contribution < -0.4 is 14.8 Å². The zero-order valence-corrected chi connectivity index (χ0v) is 66.0. The van der Waals surface area contributed by atoms with E-state index in [1.807, 2.05) is 0 Å². The molecule has 32 nitrogen and oxygen atoms in total. The molecule has 2 aliphatic rings. The summed E-state index contributed by atoms with van der Waals surface area (Å²) in [6.07, 6.45) is 0.588. The number of hydrogen-bond acceptors (Lipinski definition) is 30. The van der Waals surface area contributed by atoms with Gasteiger partial charge in [0.05, 0.1) is 62.3 Å². The van der Waals surface area contributed by atoms with Crippen LogP contribution in [-0.2, 0) is 110 Å². The lowest BCUT2D eigenvalue weighted by Crippen LogP contribution is -2.43. The predicted octanol–water partition coefficient (Wildman–Crippen LogP) is 7.54. The minimum Gasteiger partial charge on any atom is -0.467 e. The van der Waals surface area contributed by atoms with Crippen LogP contribution in [0.4, 0.5) is 11.6 Å². The molecule has 1 aromatic carbocycles. The first-order chi connectivity index (χ1) is 46.3. The highest BCUT2D eigenvalue weighted by Crippen LogP contribution is 2.39. The number of methoxy groups -OCH3 is 5. The average Bonchev–Trinajstić information content (AvgIpc) is 1.16. The normalized spacial score (nSPS) is 15.7. The van der Waals surface area contributed by atoms with Gasteiger partial charge in [-0.1, -0.05) is 70.6 Å². The Morgan fingerprint density at radius 2 is 0.840 bits per heavy atom. The minimum absolute atomic E-state index is 0.0153. The topological polar surface area (TPSA) is 402 Å². The smallest absolute Gasteiger partial charge is 0.338 e. The molecule has 0 aliphatic carbocycles. The molecule has 564 valence electrons. The highest BCUT2D eigenvalue weighted by molar-refractivity contribution is 9.10. The van der Waals surface area contributed by atoms with E-state index >= 15 is 0 Å². The molecule has 0 saturated carbocycles. The Morgan fingerprint density at radius 3 is 1.21 bits per heavy atom. The number of carbonyl (C=O) groups excluding carboxylic acids is 12. The van der Waals surface area contributed by atoms with Gasteiger partial charge in [-0.25, -0.2) is 9.59 Å². The maximum absolute atomic E-state index is 12.8. The molecule has 0 radical (unpaired) electrons. The number of benzene rings is 1. The van der Waals surface area contributed by atoms with Gasteiger partial charge in [0.2, 0.25) is 11.2 Å². The van der Waals surface area contributed by atoms with Crippen LogP contribution >= 0.6 is 75.3 Å². The van der Waals surface area contributed by atoms with E-state index < -0.39 is 111 Å². The Balaban J connectivity index is 0.000000680. The molecule has 2 aliphatic heterocycles. The lowest BCUT2D eigenvalue weighted by atomic mass is 9.83. The van der Waals surface area contributed by atoms with Crippen LogP contribution in [0.5, 0.6) is 11.8 Å². The molecule has 4 amide bonds. The molecule has 0 bridgehead atoms. The lowest BCUT2D eigenvalue weighted by molar-refractivity contribution is -0.204. The van der Waals surface area contributed by atoms with Gasteiger partial charge in [-0.3, -0.25) is 47.9 Å². The number of halogens is 5. The van der Waals surface area contributed by atoms with E-state index in [4.69, 9.17) is 78.5 Å². The average molecular weight is 1700 g/mol. The summed E-state index contributed by atoms with van der Waals surface area (Å²) in [4.78, 5) is 165. The molecule has 4 rings (SSSR count). The largest absolute Gasteiger partial charge is 0.467 e. The van der Waals surface area contributed by atoms with Crippen molar-refractivity contribution in [2.45, 2.75) is 145 Å². The zero-order chi connectivity index (χ0) is 76.6. The number of aliphatic hydroxyl groups excluding tert-OH is 1. The van der Waals surface area contributed by atoms with Crippen molar-refractivity contribution in [2.24, 2.45) is 22.2 Å². The van der Waals surface area contributed by atoms with Crippen LogP contribution in [0.15, 0.2) is 24.3 Å². The number of nitrogens with zero attached hydrogens (tertiary/aromatic N) is 5. The van der Waals surface area contributed by atoms with Gasteiger partial charge in [-0.2, -0.15) is 15.0 Å². The summed E-state index contributed by atoms with van der Waals surface area (Å²) in [5.41, 5.74) is -2.37. The standard InChI is InChI=1S/C21H26BrClN4O6.C15H22BrNO7.C14H20BrNO7.C13H23BrO6/c1-20(2,12-21(3,22)16(29)32-11-10-30-4)15(28)33-14-8-6-13(7-9-14)24-18-25-17(23)26-19(27-18)31-5;1-14(2,9-15(3,16)13(21)23-8-7-22-4)12(20)24-17-10(18)5-6-11(17)19;1-9(8-14(2,15)13(20)22-7-6-21-3)12(19)23-16-10(17)4-5-11(16)18;1-12(2,10(16)19-6-5-15)9-13(3,14)11(17)20-8-7-18-4/h6-9H,10-12H2,1-5H3,(H,24,25,26,27);5-9H2,1-4H3;9H,4-8H2,1-3H3;15H,5-9H2,1-4H3. The number of hydroxylamine groups is 4. The number of esters is 6. The van der Waals surface area contributed by atoms with E-state index in [0.717, 1.165) is 0 Å². The first kappa shape index (κ1) is 91.9. The predicted molar refractivity (Wildman–Crippen MR) is 369 cm³/mol. The van der Waals surface area contributed by atoms with Crippen LogP contribution in [0, 0.1) is 22.2 Å². The zero-order valence-electron chi connectivity index (χ0n) is 58.9.